The smallest absolute Gasteiger partial charge is 0.295 e. The number of fused-ring (bicyclic) bond motifs is 1. The summed E-state index contributed by atoms with van der Waals surface area (Å²) in [6.45, 7) is 5.47. The molecule has 2 heterocycles. The number of hydrogen-bond donors (Lipinski definition) is 1. The summed E-state index contributed by atoms with van der Waals surface area (Å²) in [6, 6.07) is 14.2. The number of hydrogen-bond acceptors (Lipinski definition) is 5. The van der Waals surface area contributed by atoms with Crippen LogP contribution in [0.4, 0.5) is 5.69 Å². The Bertz CT molecular complexity index is 1420. The van der Waals surface area contributed by atoms with Crippen LogP contribution in [0.5, 0.6) is 11.5 Å². The van der Waals surface area contributed by atoms with E-state index in [4.69, 9.17) is 9.47 Å². The average molecular weight is 519 g/mol. The predicted octanol–water partition coefficient (Wildman–Crippen LogP) is 4.09. The highest BCUT2D eigenvalue weighted by molar-refractivity contribution is 6.12. The molecule has 0 saturated heterocycles. The van der Waals surface area contributed by atoms with Crippen LogP contribution in [-0.4, -0.2) is 39.6 Å². The van der Waals surface area contributed by atoms with Crippen molar-refractivity contribution in [1.29, 1.82) is 0 Å². The van der Waals surface area contributed by atoms with Gasteiger partial charge in [0.1, 0.15) is 11.2 Å². The molecule has 0 spiro atoms. The van der Waals surface area contributed by atoms with E-state index in [1.54, 1.807) is 43.8 Å². The number of para-hydroxylation sites is 1. The van der Waals surface area contributed by atoms with Gasteiger partial charge in [0.15, 0.2) is 11.5 Å². The van der Waals surface area contributed by atoms with Crippen molar-refractivity contribution in [3.63, 3.8) is 0 Å². The molecule has 9 heteroatoms. The minimum absolute atomic E-state index is 0.0636. The lowest BCUT2D eigenvalue weighted by Gasteiger charge is -2.39. The van der Waals surface area contributed by atoms with Gasteiger partial charge in [-0.25, -0.2) is 4.68 Å². The van der Waals surface area contributed by atoms with Crippen molar-refractivity contribution >= 4 is 17.5 Å². The van der Waals surface area contributed by atoms with Gasteiger partial charge in [-0.05, 0) is 63.4 Å². The van der Waals surface area contributed by atoms with Crippen molar-refractivity contribution in [1.82, 2.24) is 14.7 Å². The van der Waals surface area contributed by atoms with Crippen LogP contribution in [0.25, 0.3) is 5.69 Å². The highest BCUT2D eigenvalue weighted by atomic mass is 16.7. The summed E-state index contributed by atoms with van der Waals surface area (Å²) >= 11 is 0. The van der Waals surface area contributed by atoms with E-state index in [2.05, 4.69) is 5.32 Å². The molecular weight excluding hydrogens is 484 g/mol. The first kappa shape index (κ1) is 25.6. The SMILES string of the molecule is CCC(C)(C(=O)NC1CCCC1)N(C(=O)c1ccc2c(c1)OCO2)c1c(C)n(C)n(-c2ccccc2)c1=O. The van der Waals surface area contributed by atoms with Gasteiger partial charge >= 0.3 is 0 Å². The fourth-order valence-corrected chi connectivity index (χ4v) is 5.37. The molecule has 2 aromatic carbocycles. The van der Waals surface area contributed by atoms with Gasteiger partial charge in [-0.1, -0.05) is 38.0 Å². The van der Waals surface area contributed by atoms with Gasteiger partial charge in [0.05, 0.1) is 11.4 Å². The minimum Gasteiger partial charge on any atom is -0.454 e. The van der Waals surface area contributed by atoms with Crippen LogP contribution in [0, 0.1) is 6.92 Å². The number of nitrogens with zero attached hydrogens (tertiary/aromatic N) is 3. The Morgan fingerprint density at radius 1 is 1.08 bits per heavy atom. The van der Waals surface area contributed by atoms with Crippen molar-refractivity contribution in [2.45, 2.75) is 64.5 Å². The summed E-state index contributed by atoms with van der Waals surface area (Å²) in [5.74, 6) is 0.277. The monoisotopic (exact) mass is 518 g/mol. The molecule has 1 saturated carbocycles. The molecular formula is C29H34N4O5. The maximum absolute atomic E-state index is 14.3. The third kappa shape index (κ3) is 4.25. The number of carbonyl (C=O) groups excluding carboxylic acids is 2. The van der Waals surface area contributed by atoms with E-state index in [1.807, 2.05) is 37.3 Å². The van der Waals surface area contributed by atoms with Crippen molar-refractivity contribution in [2.75, 3.05) is 11.7 Å². The second-order valence-electron chi connectivity index (χ2n) is 10.2. The molecule has 5 rings (SSSR count). The topological polar surface area (TPSA) is 94.8 Å². The number of benzene rings is 2. The Labute approximate surface area is 221 Å². The minimum atomic E-state index is -1.32. The molecule has 38 heavy (non-hydrogen) atoms. The fraction of sp³-hybridized carbons (Fsp3) is 0.414. The summed E-state index contributed by atoms with van der Waals surface area (Å²) in [5.41, 5.74) is 0.00958. The molecule has 1 aliphatic heterocycles. The lowest BCUT2D eigenvalue weighted by Crippen LogP contribution is -2.61. The molecule has 1 fully saturated rings. The molecule has 3 aromatic rings. The third-order valence-electron chi connectivity index (χ3n) is 7.93. The summed E-state index contributed by atoms with van der Waals surface area (Å²) in [6.07, 6.45) is 4.25. The van der Waals surface area contributed by atoms with Gasteiger partial charge in [-0.3, -0.25) is 24.0 Å². The Morgan fingerprint density at radius 3 is 2.45 bits per heavy atom. The zero-order valence-corrected chi connectivity index (χ0v) is 22.3. The first-order chi connectivity index (χ1) is 18.3. The zero-order chi connectivity index (χ0) is 27.0. The summed E-state index contributed by atoms with van der Waals surface area (Å²) in [5, 5.41) is 3.17. The molecule has 2 amide bonds. The van der Waals surface area contributed by atoms with Crippen molar-refractivity contribution in [3.05, 3.63) is 70.1 Å². The van der Waals surface area contributed by atoms with Gasteiger partial charge in [-0.2, -0.15) is 0 Å². The highest BCUT2D eigenvalue weighted by Crippen LogP contribution is 2.36. The van der Waals surface area contributed by atoms with Crippen LogP contribution in [0.1, 0.15) is 62.0 Å². The van der Waals surface area contributed by atoms with Gasteiger partial charge in [0, 0.05) is 18.7 Å². The van der Waals surface area contributed by atoms with Crippen molar-refractivity contribution in [2.24, 2.45) is 7.05 Å². The van der Waals surface area contributed by atoms with Gasteiger partial charge < -0.3 is 14.8 Å². The Morgan fingerprint density at radius 2 is 1.76 bits per heavy atom. The van der Waals surface area contributed by atoms with E-state index in [9.17, 15) is 14.4 Å². The quantitative estimate of drug-likeness (QED) is 0.509. The lowest BCUT2D eigenvalue weighted by atomic mass is 9.92. The molecule has 1 aromatic heterocycles. The average Bonchev–Trinajstić information content (AvgIpc) is 3.66. The second-order valence-corrected chi connectivity index (χ2v) is 10.2. The maximum atomic E-state index is 14.3. The van der Waals surface area contributed by atoms with Crippen molar-refractivity contribution in [3.8, 4) is 17.2 Å². The summed E-state index contributed by atoms with van der Waals surface area (Å²) in [4.78, 5) is 43.7. The highest BCUT2D eigenvalue weighted by Gasteiger charge is 2.46. The van der Waals surface area contributed by atoms with Gasteiger partial charge in [-0.15, -0.1) is 0 Å². The third-order valence-corrected chi connectivity index (χ3v) is 7.93. The number of nitrogens with one attached hydrogen (secondary N) is 1. The van der Waals surface area contributed by atoms with E-state index < -0.39 is 11.4 Å². The Balaban J connectivity index is 1.67. The Kier molecular flexibility index (Phi) is 6.77. The zero-order valence-electron chi connectivity index (χ0n) is 22.3. The van der Waals surface area contributed by atoms with E-state index >= 15 is 0 Å². The number of ether oxygens (including phenoxy) is 2. The first-order valence-corrected chi connectivity index (χ1v) is 13.2. The largest absolute Gasteiger partial charge is 0.454 e. The molecule has 1 atom stereocenters. The number of carbonyl (C=O) groups is 2. The predicted molar refractivity (Wildman–Crippen MR) is 144 cm³/mol. The molecule has 0 radical (unpaired) electrons. The number of aromatic nitrogens is 2. The first-order valence-electron chi connectivity index (χ1n) is 13.2. The molecule has 200 valence electrons. The van der Waals surface area contributed by atoms with Crippen LogP contribution in [0.2, 0.25) is 0 Å². The molecule has 1 N–H and O–H groups in total. The molecule has 1 unspecified atom stereocenters. The number of anilines is 1. The molecule has 2 aliphatic rings. The fourth-order valence-electron chi connectivity index (χ4n) is 5.37. The number of amides is 2. The second kappa shape index (κ2) is 10.0. The van der Waals surface area contributed by atoms with Crippen LogP contribution in [0.15, 0.2) is 53.3 Å². The van der Waals surface area contributed by atoms with Crippen LogP contribution in [-0.2, 0) is 11.8 Å². The van der Waals surface area contributed by atoms with E-state index in [-0.39, 0.29) is 30.0 Å². The van der Waals surface area contributed by atoms with Crippen LogP contribution in [0.3, 0.4) is 0 Å². The van der Waals surface area contributed by atoms with E-state index in [0.29, 0.717) is 34.9 Å². The van der Waals surface area contributed by atoms with E-state index in [1.165, 1.54) is 9.58 Å². The van der Waals surface area contributed by atoms with Crippen LogP contribution >= 0.6 is 0 Å². The standard InChI is InChI=1S/C29H34N4O5/c1-5-29(3,28(36)30-21-11-9-10-12-21)32(26(34)20-15-16-23-24(17-20)38-18-37-23)25-19(2)31(4)33(27(25)35)22-13-7-6-8-14-22/h6-8,13-17,21H,5,9-12,18H2,1-4H3,(H,30,36). The Hall–Kier alpha value is -4.01. The lowest BCUT2D eigenvalue weighted by molar-refractivity contribution is -0.126. The molecule has 9 nitrogen and oxygen atoms in total. The van der Waals surface area contributed by atoms with Gasteiger partial charge in [0.25, 0.3) is 11.5 Å². The van der Waals surface area contributed by atoms with E-state index in [0.717, 1.165) is 25.7 Å². The maximum Gasteiger partial charge on any atom is 0.295 e. The summed E-state index contributed by atoms with van der Waals surface area (Å²) in [7, 11) is 1.78. The molecule has 1 aliphatic carbocycles. The van der Waals surface area contributed by atoms with Gasteiger partial charge in [0.2, 0.25) is 12.7 Å². The van der Waals surface area contributed by atoms with Crippen LogP contribution < -0.4 is 25.2 Å². The molecule has 0 bridgehead atoms. The van der Waals surface area contributed by atoms with Crippen molar-refractivity contribution < 1.29 is 19.1 Å². The normalized spacial score (nSPS) is 16.3. The number of rotatable bonds is 7. The summed E-state index contributed by atoms with van der Waals surface area (Å²) < 4.78 is 14.2.